The van der Waals surface area contributed by atoms with Crippen LogP contribution < -0.4 is 10.6 Å². The van der Waals surface area contributed by atoms with Crippen LogP contribution in [0.1, 0.15) is 57.6 Å². The Morgan fingerprint density at radius 1 is 1.09 bits per heavy atom. The van der Waals surface area contributed by atoms with Crippen molar-refractivity contribution in [2.45, 2.75) is 46.2 Å². The molecular weight excluding hydrogens is 452 g/mol. The van der Waals surface area contributed by atoms with Gasteiger partial charge in [0.1, 0.15) is 5.82 Å². The molecule has 8 nitrogen and oxygen atoms in total. The van der Waals surface area contributed by atoms with E-state index in [2.05, 4.69) is 25.4 Å². The quantitative estimate of drug-likeness (QED) is 0.556. The third kappa shape index (κ3) is 4.77. The first-order valence-electron chi connectivity index (χ1n) is 11.3. The maximum atomic E-state index is 13.3. The summed E-state index contributed by atoms with van der Waals surface area (Å²) in [5.74, 6) is 1.38. The van der Waals surface area contributed by atoms with Crippen LogP contribution in [0.15, 0.2) is 36.4 Å². The van der Waals surface area contributed by atoms with Crippen molar-refractivity contribution in [1.82, 2.24) is 25.0 Å². The molecule has 9 heteroatoms. The Bertz CT molecular complexity index is 1220. The highest BCUT2D eigenvalue weighted by atomic mass is 35.5. The van der Waals surface area contributed by atoms with Gasteiger partial charge >= 0.3 is 6.03 Å². The molecule has 178 valence electrons. The average Bonchev–Trinajstić information content (AvgIpc) is 3.43. The Morgan fingerprint density at radius 2 is 1.82 bits per heavy atom. The van der Waals surface area contributed by atoms with Crippen LogP contribution in [0.25, 0.3) is 0 Å². The van der Waals surface area contributed by atoms with Gasteiger partial charge in [-0.3, -0.25) is 4.79 Å². The van der Waals surface area contributed by atoms with Gasteiger partial charge in [-0.05, 0) is 68.5 Å². The van der Waals surface area contributed by atoms with Crippen LogP contribution in [0.3, 0.4) is 0 Å². The standard InChI is InChI=1S/C25H29ClN6O2/c1-15-12-16(2)21(13-20(15)24(33)27-4)28-25(34)31-11-5-6-22(31)23-30-29-17(3)32(23)14-18-7-9-19(26)10-8-18/h7-10,12-13,22H,5-6,11,14H2,1-4H3,(H,27,33)(H,28,34)/t22-/m1/s1. The second-order valence-electron chi connectivity index (χ2n) is 8.66. The lowest BCUT2D eigenvalue weighted by molar-refractivity contribution is 0.0962. The van der Waals surface area contributed by atoms with E-state index in [0.29, 0.717) is 29.4 Å². The minimum atomic E-state index is -0.212. The molecule has 3 aromatic rings. The molecule has 0 saturated carbocycles. The SMILES string of the molecule is CNC(=O)c1cc(NC(=O)N2CCC[C@@H]2c2nnc(C)n2Cc2ccc(Cl)cc2)c(C)cc1C. The molecule has 4 rings (SSSR count). The molecule has 34 heavy (non-hydrogen) atoms. The Kier molecular flexibility index (Phi) is 6.88. The van der Waals surface area contributed by atoms with E-state index in [1.165, 1.54) is 0 Å². The number of nitrogens with zero attached hydrogens (tertiary/aromatic N) is 4. The molecule has 3 amide bonds. The van der Waals surface area contributed by atoms with Gasteiger partial charge < -0.3 is 20.1 Å². The fourth-order valence-electron chi connectivity index (χ4n) is 4.44. The molecule has 2 heterocycles. The predicted octanol–water partition coefficient (Wildman–Crippen LogP) is 4.63. The summed E-state index contributed by atoms with van der Waals surface area (Å²) in [5, 5.41) is 15.1. The van der Waals surface area contributed by atoms with Crippen molar-refractivity contribution < 1.29 is 9.59 Å². The number of hydrogen-bond donors (Lipinski definition) is 2. The molecule has 2 N–H and O–H groups in total. The molecule has 0 aliphatic carbocycles. The Hall–Kier alpha value is -3.39. The minimum absolute atomic E-state index is 0.183. The van der Waals surface area contributed by atoms with Crippen molar-refractivity contribution in [2.24, 2.45) is 0 Å². The Balaban J connectivity index is 1.57. The summed E-state index contributed by atoms with van der Waals surface area (Å²) in [6.45, 7) is 6.95. The largest absolute Gasteiger partial charge is 0.355 e. The average molecular weight is 481 g/mol. The summed E-state index contributed by atoms with van der Waals surface area (Å²) in [4.78, 5) is 27.4. The molecule has 1 aliphatic rings. The number of halogens is 1. The van der Waals surface area contributed by atoms with Gasteiger partial charge in [-0.2, -0.15) is 0 Å². The molecular formula is C25H29ClN6O2. The number of urea groups is 1. The maximum absolute atomic E-state index is 13.3. The number of benzene rings is 2. The Morgan fingerprint density at radius 3 is 2.53 bits per heavy atom. The van der Waals surface area contributed by atoms with Gasteiger partial charge in [0.15, 0.2) is 5.82 Å². The fraction of sp³-hybridized carbons (Fsp3) is 0.360. The van der Waals surface area contributed by atoms with Crippen LogP contribution in [0.5, 0.6) is 0 Å². The highest BCUT2D eigenvalue weighted by Crippen LogP contribution is 2.33. The molecule has 1 aliphatic heterocycles. The molecule has 0 radical (unpaired) electrons. The number of anilines is 1. The number of amides is 3. The van der Waals surface area contributed by atoms with E-state index in [1.807, 2.05) is 51.1 Å². The van der Waals surface area contributed by atoms with Crippen molar-refractivity contribution in [1.29, 1.82) is 0 Å². The van der Waals surface area contributed by atoms with E-state index in [-0.39, 0.29) is 18.0 Å². The molecule has 0 unspecified atom stereocenters. The number of nitrogens with one attached hydrogen (secondary N) is 2. The highest BCUT2D eigenvalue weighted by molar-refractivity contribution is 6.30. The molecule has 1 fully saturated rings. The second kappa shape index (κ2) is 9.85. The minimum Gasteiger partial charge on any atom is -0.355 e. The first kappa shape index (κ1) is 23.8. The molecule has 1 saturated heterocycles. The zero-order valence-corrected chi connectivity index (χ0v) is 20.6. The van der Waals surface area contributed by atoms with Gasteiger partial charge in [0.25, 0.3) is 5.91 Å². The summed E-state index contributed by atoms with van der Waals surface area (Å²) < 4.78 is 2.06. The number of hydrogen-bond acceptors (Lipinski definition) is 4. The first-order chi connectivity index (χ1) is 16.3. The van der Waals surface area contributed by atoms with Gasteiger partial charge in [-0.1, -0.05) is 29.8 Å². The number of carbonyl (C=O) groups is 2. The van der Waals surface area contributed by atoms with Crippen LogP contribution in [-0.4, -0.2) is 45.2 Å². The zero-order valence-electron chi connectivity index (χ0n) is 19.9. The van der Waals surface area contributed by atoms with E-state index in [4.69, 9.17) is 11.6 Å². The number of aryl methyl sites for hydroxylation is 3. The molecule has 0 bridgehead atoms. The fourth-order valence-corrected chi connectivity index (χ4v) is 4.57. The smallest absolute Gasteiger partial charge is 0.322 e. The van der Waals surface area contributed by atoms with Crippen LogP contribution in [0.4, 0.5) is 10.5 Å². The lowest BCUT2D eigenvalue weighted by Crippen LogP contribution is -2.36. The van der Waals surface area contributed by atoms with Crippen molar-refractivity contribution in [3.05, 3.63) is 75.3 Å². The number of aromatic nitrogens is 3. The monoisotopic (exact) mass is 480 g/mol. The van der Waals surface area contributed by atoms with Crippen molar-refractivity contribution in [2.75, 3.05) is 18.9 Å². The molecule has 1 atom stereocenters. The summed E-state index contributed by atoms with van der Waals surface area (Å²) in [6, 6.07) is 10.9. The first-order valence-corrected chi connectivity index (χ1v) is 11.7. The topological polar surface area (TPSA) is 92.2 Å². The van der Waals surface area contributed by atoms with Crippen LogP contribution >= 0.6 is 11.6 Å². The van der Waals surface area contributed by atoms with Crippen LogP contribution in [-0.2, 0) is 6.54 Å². The summed E-state index contributed by atoms with van der Waals surface area (Å²) in [7, 11) is 1.59. The van der Waals surface area contributed by atoms with Crippen LogP contribution in [0, 0.1) is 20.8 Å². The summed E-state index contributed by atoms with van der Waals surface area (Å²) in [5.41, 5.74) is 4.01. The zero-order chi connectivity index (χ0) is 24.4. The van der Waals surface area contributed by atoms with Crippen molar-refractivity contribution in [3.63, 3.8) is 0 Å². The van der Waals surface area contributed by atoms with Gasteiger partial charge in [0, 0.05) is 29.9 Å². The number of likely N-dealkylation sites (tertiary alicyclic amines) is 1. The van der Waals surface area contributed by atoms with Crippen LogP contribution in [0.2, 0.25) is 5.02 Å². The highest BCUT2D eigenvalue weighted by Gasteiger charge is 2.34. The third-order valence-electron chi connectivity index (χ3n) is 6.31. The molecule has 0 spiro atoms. The van der Waals surface area contributed by atoms with Gasteiger partial charge in [-0.15, -0.1) is 10.2 Å². The number of rotatable bonds is 5. The van der Waals surface area contributed by atoms with Gasteiger partial charge in [-0.25, -0.2) is 4.79 Å². The predicted molar refractivity (Wildman–Crippen MR) is 132 cm³/mol. The van der Waals surface area contributed by atoms with Gasteiger partial charge in [0.2, 0.25) is 0 Å². The van der Waals surface area contributed by atoms with E-state index in [9.17, 15) is 9.59 Å². The normalized spacial score (nSPS) is 15.4. The number of carbonyl (C=O) groups excluding carboxylic acids is 2. The van der Waals surface area contributed by atoms with E-state index < -0.39 is 0 Å². The summed E-state index contributed by atoms with van der Waals surface area (Å²) in [6.07, 6.45) is 1.68. The van der Waals surface area contributed by atoms with E-state index in [1.54, 1.807) is 18.0 Å². The van der Waals surface area contributed by atoms with E-state index >= 15 is 0 Å². The lowest BCUT2D eigenvalue weighted by Gasteiger charge is -2.25. The van der Waals surface area contributed by atoms with Gasteiger partial charge in [0.05, 0.1) is 12.6 Å². The van der Waals surface area contributed by atoms with E-state index in [0.717, 1.165) is 41.2 Å². The van der Waals surface area contributed by atoms with Crippen molar-refractivity contribution in [3.8, 4) is 0 Å². The Labute approximate surface area is 204 Å². The molecule has 2 aromatic carbocycles. The molecule has 1 aromatic heterocycles. The lowest BCUT2D eigenvalue weighted by atomic mass is 10.0. The summed E-state index contributed by atoms with van der Waals surface area (Å²) >= 11 is 6.03. The maximum Gasteiger partial charge on any atom is 0.322 e. The van der Waals surface area contributed by atoms with Crippen molar-refractivity contribution >= 4 is 29.2 Å². The second-order valence-corrected chi connectivity index (χ2v) is 9.10. The third-order valence-corrected chi connectivity index (χ3v) is 6.57.